The Bertz CT molecular complexity index is 835. The number of aliphatic imine (C=N–C) groups is 1. The highest BCUT2D eigenvalue weighted by Gasteiger charge is 2.02. The lowest BCUT2D eigenvalue weighted by Gasteiger charge is -2.12. The summed E-state index contributed by atoms with van der Waals surface area (Å²) in [7, 11) is 1.75. The van der Waals surface area contributed by atoms with Crippen molar-refractivity contribution in [1.29, 1.82) is 0 Å². The molecule has 5 heteroatoms. The van der Waals surface area contributed by atoms with Crippen molar-refractivity contribution in [3.05, 3.63) is 90.3 Å². The second-order valence-corrected chi connectivity index (χ2v) is 5.66. The van der Waals surface area contributed by atoms with Crippen LogP contribution in [-0.2, 0) is 13.1 Å². The predicted molar refractivity (Wildman–Crippen MR) is 104 cm³/mol. The zero-order chi connectivity index (χ0) is 18.0. The van der Waals surface area contributed by atoms with E-state index in [4.69, 9.17) is 4.74 Å². The molecule has 3 rings (SSSR count). The van der Waals surface area contributed by atoms with Crippen LogP contribution in [0.2, 0.25) is 0 Å². The van der Waals surface area contributed by atoms with E-state index < -0.39 is 0 Å². The minimum Gasteiger partial charge on any atom is -0.457 e. The average Bonchev–Trinajstić information content (AvgIpc) is 2.70. The Morgan fingerprint density at radius 3 is 2.42 bits per heavy atom. The third-order valence-corrected chi connectivity index (χ3v) is 3.72. The van der Waals surface area contributed by atoms with E-state index in [0.717, 1.165) is 28.7 Å². The number of aromatic nitrogens is 1. The van der Waals surface area contributed by atoms with Crippen molar-refractivity contribution in [2.24, 2.45) is 4.99 Å². The molecule has 0 aliphatic carbocycles. The van der Waals surface area contributed by atoms with Crippen LogP contribution in [0, 0.1) is 0 Å². The van der Waals surface area contributed by atoms with Crippen LogP contribution in [0.15, 0.2) is 84.0 Å². The first-order chi connectivity index (χ1) is 12.8. The zero-order valence-corrected chi connectivity index (χ0v) is 14.7. The maximum Gasteiger partial charge on any atom is 0.191 e. The molecule has 0 spiro atoms. The van der Waals surface area contributed by atoms with Gasteiger partial charge in [-0.2, -0.15) is 0 Å². The number of ether oxygens (including phenoxy) is 1. The lowest BCUT2D eigenvalue weighted by Crippen LogP contribution is -2.36. The molecule has 2 aromatic carbocycles. The monoisotopic (exact) mass is 346 g/mol. The van der Waals surface area contributed by atoms with E-state index in [1.807, 2.05) is 66.7 Å². The van der Waals surface area contributed by atoms with Gasteiger partial charge in [-0.25, -0.2) is 0 Å². The summed E-state index contributed by atoms with van der Waals surface area (Å²) in [5.41, 5.74) is 2.08. The van der Waals surface area contributed by atoms with Crippen molar-refractivity contribution in [1.82, 2.24) is 15.6 Å². The molecule has 5 nitrogen and oxygen atoms in total. The maximum absolute atomic E-state index is 5.88. The van der Waals surface area contributed by atoms with Gasteiger partial charge in [-0.05, 0) is 42.0 Å². The summed E-state index contributed by atoms with van der Waals surface area (Å²) in [6, 6.07) is 23.6. The third-order valence-electron chi connectivity index (χ3n) is 3.72. The molecule has 0 aliphatic rings. The van der Waals surface area contributed by atoms with Crippen LogP contribution in [0.5, 0.6) is 11.5 Å². The summed E-state index contributed by atoms with van der Waals surface area (Å²) in [5.74, 6) is 2.36. The molecular weight excluding hydrogens is 324 g/mol. The van der Waals surface area contributed by atoms with Gasteiger partial charge in [-0.15, -0.1) is 0 Å². The molecule has 1 heterocycles. The summed E-state index contributed by atoms with van der Waals surface area (Å²) in [5, 5.41) is 6.56. The van der Waals surface area contributed by atoms with E-state index in [-0.39, 0.29) is 0 Å². The number of hydrogen-bond donors (Lipinski definition) is 2. The topological polar surface area (TPSA) is 58.5 Å². The van der Waals surface area contributed by atoms with E-state index in [2.05, 4.69) is 26.7 Å². The number of pyridine rings is 1. The van der Waals surface area contributed by atoms with Gasteiger partial charge in [0.1, 0.15) is 11.5 Å². The van der Waals surface area contributed by atoms with Gasteiger partial charge in [-0.1, -0.05) is 36.4 Å². The first kappa shape index (κ1) is 17.5. The first-order valence-corrected chi connectivity index (χ1v) is 8.50. The van der Waals surface area contributed by atoms with E-state index >= 15 is 0 Å². The van der Waals surface area contributed by atoms with Crippen molar-refractivity contribution in [2.75, 3.05) is 7.05 Å². The van der Waals surface area contributed by atoms with Crippen molar-refractivity contribution >= 4 is 5.96 Å². The van der Waals surface area contributed by atoms with Crippen LogP contribution >= 0.6 is 0 Å². The number of para-hydroxylation sites is 1. The van der Waals surface area contributed by atoms with Crippen molar-refractivity contribution in [3.63, 3.8) is 0 Å². The van der Waals surface area contributed by atoms with Gasteiger partial charge in [0.05, 0.1) is 12.2 Å². The Morgan fingerprint density at radius 1 is 0.885 bits per heavy atom. The highest BCUT2D eigenvalue weighted by Crippen LogP contribution is 2.21. The molecule has 0 saturated heterocycles. The van der Waals surface area contributed by atoms with Crippen molar-refractivity contribution in [2.45, 2.75) is 13.1 Å². The van der Waals surface area contributed by atoms with Gasteiger partial charge in [0.25, 0.3) is 0 Å². The normalized spacial score (nSPS) is 11.0. The lowest BCUT2D eigenvalue weighted by atomic mass is 10.2. The molecule has 0 bridgehead atoms. The third kappa shape index (κ3) is 5.34. The Morgan fingerprint density at radius 2 is 1.65 bits per heavy atom. The molecule has 0 saturated carbocycles. The lowest BCUT2D eigenvalue weighted by molar-refractivity contribution is 0.482. The Labute approximate surface area is 153 Å². The quantitative estimate of drug-likeness (QED) is 0.527. The number of nitrogens with zero attached hydrogens (tertiary/aromatic N) is 2. The van der Waals surface area contributed by atoms with E-state index in [1.165, 1.54) is 0 Å². The van der Waals surface area contributed by atoms with Crippen LogP contribution < -0.4 is 15.4 Å². The van der Waals surface area contributed by atoms with Crippen LogP contribution in [0.1, 0.15) is 11.3 Å². The molecule has 0 amide bonds. The SMILES string of the molecule is CN=C(NCc1cccc(Oc2ccccc2)c1)NCc1ccccn1. The number of hydrogen-bond acceptors (Lipinski definition) is 3. The van der Waals surface area contributed by atoms with Gasteiger partial charge >= 0.3 is 0 Å². The fourth-order valence-corrected chi connectivity index (χ4v) is 2.43. The van der Waals surface area contributed by atoms with Gasteiger partial charge in [-0.3, -0.25) is 9.98 Å². The number of guanidine groups is 1. The van der Waals surface area contributed by atoms with Crippen LogP contribution in [0.25, 0.3) is 0 Å². The minimum atomic E-state index is 0.623. The Hall–Kier alpha value is -3.34. The van der Waals surface area contributed by atoms with Gasteiger partial charge in [0.2, 0.25) is 0 Å². The molecule has 1 aromatic heterocycles. The van der Waals surface area contributed by atoms with Crippen LogP contribution in [-0.4, -0.2) is 18.0 Å². The van der Waals surface area contributed by atoms with Gasteiger partial charge in [0, 0.05) is 19.8 Å². The van der Waals surface area contributed by atoms with Crippen molar-refractivity contribution in [3.8, 4) is 11.5 Å². The molecule has 2 N–H and O–H groups in total. The molecule has 132 valence electrons. The highest BCUT2D eigenvalue weighted by atomic mass is 16.5. The molecular formula is C21H22N4O. The standard InChI is InChI=1S/C21H22N4O/c1-22-21(25-16-18-9-5-6-13-23-18)24-15-17-8-7-12-20(14-17)26-19-10-3-2-4-11-19/h2-14H,15-16H2,1H3,(H2,22,24,25). The molecule has 0 aliphatic heterocycles. The van der Waals surface area contributed by atoms with E-state index in [1.54, 1.807) is 13.2 Å². The first-order valence-electron chi connectivity index (χ1n) is 8.50. The number of rotatable bonds is 6. The summed E-state index contributed by atoms with van der Waals surface area (Å²) < 4.78 is 5.88. The zero-order valence-electron chi connectivity index (χ0n) is 14.7. The average molecular weight is 346 g/mol. The molecule has 3 aromatic rings. The summed E-state index contributed by atoms with van der Waals surface area (Å²) in [6.07, 6.45) is 1.78. The summed E-state index contributed by atoms with van der Waals surface area (Å²) >= 11 is 0. The second-order valence-electron chi connectivity index (χ2n) is 5.66. The molecule has 0 fully saturated rings. The summed E-state index contributed by atoms with van der Waals surface area (Å²) in [4.78, 5) is 8.54. The molecule has 0 radical (unpaired) electrons. The smallest absolute Gasteiger partial charge is 0.191 e. The molecule has 0 atom stereocenters. The van der Waals surface area contributed by atoms with Gasteiger partial charge in [0.15, 0.2) is 5.96 Å². The minimum absolute atomic E-state index is 0.623. The largest absolute Gasteiger partial charge is 0.457 e. The van der Waals surface area contributed by atoms with Gasteiger partial charge < -0.3 is 15.4 Å². The van der Waals surface area contributed by atoms with Crippen LogP contribution in [0.4, 0.5) is 0 Å². The summed E-state index contributed by atoms with van der Waals surface area (Å²) in [6.45, 7) is 1.27. The molecule has 0 unspecified atom stereocenters. The Balaban J connectivity index is 1.54. The molecule has 26 heavy (non-hydrogen) atoms. The predicted octanol–water partition coefficient (Wildman–Crippen LogP) is 3.74. The fraction of sp³-hybridized carbons (Fsp3) is 0.143. The number of benzene rings is 2. The number of nitrogens with one attached hydrogen (secondary N) is 2. The van der Waals surface area contributed by atoms with Crippen LogP contribution in [0.3, 0.4) is 0 Å². The Kier molecular flexibility index (Phi) is 6.20. The highest BCUT2D eigenvalue weighted by molar-refractivity contribution is 5.79. The second kappa shape index (κ2) is 9.22. The fourth-order valence-electron chi connectivity index (χ4n) is 2.43. The van der Waals surface area contributed by atoms with E-state index in [0.29, 0.717) is 13.1 Å². The van der Waals surface area contributed by atoms with E-state index in [9.17, 15) is 0 Å². The maximum atomic E-state index is 5.88. The van der Waals surface area contributed by atoms with Crippen molar-refractivity contribution < 1.29 is 4.74 Å².